The van der Waals surface area contributed by atoms with Gasteiger partial charge in [-0.25, -0.2) is 0 Å². The van der Waals surface area contributed by atoms with Crippen LogP contribution in [0.25, 0.3) is 0 Å². The molecule has 3 aliphatic rings. The van der Waals surface area contributed by atoms with Gasteiger partial charge >= 0.3 is 5.97 Å². The minimum absolute atomic E-state index is 0.156. The van der Waals surface area contributed by atoms with E-state index in [0.717, 1.165) is 25.9 Å². The number of nitrogens with zero attached hydrogens (tertiary/aromatic N) is 1. The highest BCUT2D eigenvalue weighted by Gasteiger charge is 2.51. The van der Waals surface area contributed by atoms with Crippen molar-refractivity contribution in [3.63, 3.8) is 0 Å². The zero-order chi connectivity index (χ0) is 10.5. The van der Waals surface area contributed by atoms with Gasteiger partial charge in [0.2, 0.25) is 0 Å². The Hall–Kier alpha value is -0.570. The summed E-state index contributed by atoms with van der Waals surface area (Å²) in [6, 6.07) is -0.156. The van der Waals surface area contributed by atoms with Crippen LogP contribution in [-0.2, 0) is 4.79 Å². The van der Waals surface area contributed by atoms with Crippen molar-refractivity contribution in [1.29, 1.82) is 0 Å². The molecule has 1 unspecified atom stereocenters. The second-order valence-electron chi connectivity index (χ2n) is 5.73. The third kappa shape index (κ3) is 1.57. The number of hydrogen-bond acceptors (Lipinski definition) is 2. The molecule has 1 saturated heterocycles. The first-order valence-electron chi connectivity index (χ1n) is 6.17. The molecule has 2 aliphatic carbocycles. The molecule has 0 radical (unpaired) electrons. The predicted octanol–water partition coefficient (Wildman–Crippen LogP) is 1.73. The van der Waals surface area contributed by atoms with E-state index in [2.05, 4.69) is 4.90 Å². The van der Waals surface area contributed by atoms with E-state index >= 15 is 0 Å². The van der Waals surface area contributed by atoms with E-state index < -0.39 is 5.97 Å². The maximum atomic E-state index is 11.2. The van der Waals surface area contributed by atoms with Crippen molar-refractivity contribution in [2.75, 3.05) is 13.1 Å². The van der Waals surface area contributed by atoms with Crippen LogP contribution in [-0.4, -0.2) is 35.1 Å². The van der Waals surface area contributed by atoms with Crippen LogP contribution in [0.3, 0.4) is 0 Å². The van der Waals surface area contributed by atoms with Gasteiger partial charge in [-0.1, -0.05) is 12.8 Å². The third-order valence-electron chi connectivity index (χ3n) is 4.46. The van der Waals surface area contributed by atoms with Gasteiger partial charge in [-0.2, -0.15) is 0 Å². The minimum Gasteiger partial charge on any atom is -0.480 e. The highest BCUT2D eigenvalue weighted by Crippen LogP contribution is 2.48. The quantitative estimate of drug-likeness (QED) is 0.769. The van der Waals surface area contributed by atoms with Crippen LogP contribution in [0.2, 0.25) is 0 Å². The number of hydrogen-bond donors (Lipinski definition) is 1. The van der Waals surface area contributed by atoms with E-state index in [-0.39, 0.29) is 6.04 Å². The van der Waals surface area contributed by atoms with E-state index in [9.17, 15) is 9.90 Å². The van der Waals surface area contributed by atoms with E-state index in [1.54, 1.807) is 0 Å². The maximum absolute atomic E-state index is 11.2. The zero-order valence-corrected chi connectivity index (χ0v) is 9.11. The number of carbonyl (C=O) groups is 1. The fraction of sp³-hybridized carbons (Fsp3) is 0.917. The fourth-order valence-electron chi connectivity index (χ4n) is 3.52. The van der Waals surface area contributed by atoms with Crippen LogP contribution in [0.15, 0.2) is 0 Å². The van der Waals surface area contributed by atoms with Gasteiger partial charge < -0.3 is 5.11 Å². The van der Waals surface area contributed by atoms with Gasteiger partial charge in [0.25, 0.3) is 0 Å². The first kappa shape index (κ1) is 9.64. The fourth-order valence-corrected chi connectivity index (χ4v) is 3.52. The number of carboxylic acids is 1. The van der Waals surface area contributed by atoms with Crippen LogP contribution >= 0.6 is 0 Å². The van der Waals surface area contributed by atoms with Gasteiger partial charge in [-0.15, -0.1) is 0 Å². The molecule has 1 spiro atoms. The molecular formula is C12H19NO2. The van der Waals surface area contributed by atoms with Crippen LogP contribution < -0.4 is 0 Å². The average molecular weight is 209 g/mol. The zero-order valence-electron chi connectivity index (χ0n) is 9.11. The minimum atomic E-state index is -0.592. The van der Waals surface area contributed by atoms with E-state index in [1.807, 2.05) is 0 Å². The van der Waals surface area contributed by atoms with Crippen LogP contribution in [0.1, 0.15) is 38.5 Å². The summed E-state index contributed by atoms with van der Waals surface area (Å²) < 4.78 is 0. The molecule has 1 N–H and O–H groups in total. The van der Waals surface area contributed by atoms with E-state index in [1.165, 1.54) is 25.7 Å². The monoisotopic (exact) mass is 209 g/mol. The van der Waals surface area contributed by atoms with Crippen molar-refractivity contribution in [3.05, 3.63) is 0 Å². The summed E-state index contributed by atoms with van der Waals surface area (Å²) in [6.45, 7) is 2.11. The molecule has 0 aromatic heterocycles. The number of aliphatic carboxylic acids is 1. The molecule has 3 heteroatoms. The summed E-state index contributed by atoms with van der Waals surface area (Å²) in [5.41, 5.74) is 0.530. The van der Waals surface area contributed by atoms with E-state index in [4.69, 9.17) is 0 Å². The molecule has 1 aliphatic heterocycles. The molecule has 15 heavy (non-hydrogen) atoms. The Morgan fingerprint density at radius 1 is 1.27 bits per heavy atom. The SMILES string of the molecule is O=C(O)C(C1CC1)N1CC2(CCCC2)C1. The van der Waals surface area contributed by atoms with Crippen molar-refractivity contribution in [2.45, 2.75) is 44.6 Å². The Bertz CT molecular complexity index is 271. The van der Waals surface area contributed by atoms with Gasteiger partial charge in [-0.05, 0) is 37.0 Å². The third-order valence-corrected chi connectivity index (χ3v) is 4.46. The lowest BCUT2D eigenvalue weighted by atomic mass is 9.77. The Labute approximate surface area is 90.5 Å². The summed E-state index contributed by atoms with van der Waals surface area (Å²) in [5, 5.41) is 9.21. The standard InChI is InChI=1S/C12H19NO2/c14-11(15)10(9-3-4-9)13-7-12(8-13)5-1-2-6-12/h9-10H,1-8H2,(H,14,15). The summed E-state index contributed by atoms with van der Waals surface area (Å²) in [4.78, 5) is 13.4. The number of rotatable bonds is 3. The summed E-state index contributed by atoms with van der Waals surface area (Å²) in [6.07, 6.45) is 7.63. The van der Waals surface area contributed by atoms with Crippen molar-refractivity contribution in [2.24, 2.45) is 11.3 Å². The second kappa shape index (κ2) is 3.21. The lowest BCUT2D eigenvalue weighted by molar-refractivity contribution is -0.150. The Balaban J connectivity index is 1.62. The van der Waals surface area contributed by atoms with Gasteiger partial charge in [0, 0.05) is 13.1 Å². The Kier molecular flexibility index (Phi) is 2.06. The molecular weight excluding hydrogens is 190 g/mol. The lowest BCUT2D eigenvalue weighted by Gasteiger charge is -2.51. The van der Waals surface area contributed by atoms with Gasteiger partial charge in [0.15, 0.2) is 0 Å². The molecule has 0 aromatic rings. The smallest absolute Gasteiger partial charge is 0.321 e. The Morgan fingerprint density at radius 2 is 1.87 bits per heavy atom. The van der Waals surface area contributed by atoms with E-state index in [0.29, 0.717) is 11.3 Å². The van der Waals surface area contributed by atoms with Crippen LogP contribution in [0.5, 0.6) is 0 Å². The molecule has 3 rings (SSSR count). The van der Waals surface area contributed by atoms with Crippen molar-refractivity contribution < 1.29 is 9.90 Å². The first-order chi connectivity index (χ1) is 7.20. The topological polar surface area (TPSA) is 40.5 Å². The lowest BCUT2D eigenvalue weighted by Crippen LogP contribution is -2.61. The van der Waals surface area contributed by atoms with Crippen molar-refractivity contribution in [1.82, 2.24) is 4.90 Å². The van der Waals surface area contributed by atoms with Crippen molar-refractivity contribution in [3.8, 4) is 0 Å². The first-order valence-corrected chi connectivity index (χ1v) is 6.17. The number of carboxylic acid groups (broad SMARTS) is 1. The molecule has 0 amide bonds. The highest BCUT2D eigenvalue weighted by atomic mass is 16.4. The summed E-state index contributed by atoms with van der Waals surface area (Å²) in [5.74, 6) is -0.133. The molecule has 3 nitrogen and oxygen atoms in total. The molecule has 0 bridgehead atoms. The summed E-state index contributed by atoms with van der Waals surface area (Å²) in [7, 11) is 0. The van der Waals surface area contributed by atoms with Gasteiger partial charge in [0.1, 0.15) is 6.04 Å². The maximum Gasteiger partial charge on any atom is 0.321 e. The molecule has 2 saturated carbocycles. The normalized spacial score (nSPS) is 31.5. The second-order valence-corrected chi connectivity index (χ2v) is 5.73. The molecule has 1 heterocycles. The molecule has 3 fully saturated rings. The van der Waals surface area contributed by atoms with Crippen LogP contribution in [0.4, 0.5) is 0 Å². The molecule has 0 aromatic carbocycles. The molecule has 84 valence electrons. The molecule has 1 atom stereocenters. The average Bonchev–Trinajstić information content (AvgIpc) is 2.80. The predicted molar refractivity (Wildman–Crippen MR) is 56.6 cm³/mol. The summed E-state index contributed by atoms with van der Waals surface area (Å²) >= 11 is 0. The van der Waals surface area contributed by atoms with Crippen molar-refractivity contribution >= 4 is 5.97 Å². The highest BCUT2D eigenvalue weighted by molar-refractivity contribution is 5.74. The van der Waals surface area contributed by atoms with Crippen LogP contribution in [0, 0.1) is 11.3 Å². The van der Waals surface area contributed by atoms with Gasteiger partial charge in [0.05, 0.1) is 0 Å². The van der Waals surface area contributed by atoms with Gasteiger partial charge in [-0.3, -0.25) is 9.69 Å². The largest absolute Gasteiger partial charge is 0.480 e. The number of likely N-dealkylation sites (tertiary alicyclic amines) is 1. The Morgan fingerprint density at radius 3 is 2.33 bits per heavy atom.